The minimum Gasteiger partial charge on any atom is -0.207 e. The summed E-state index contributed by atoms with van der Waals surface area (Å²) in [5, 5.41) is 0. The molecule has 0 radical (unpaired) electrons. The first-order valence-electron chi connectivity index (χ1n) is 5.55. The van der Waals surface area contributed by atoms with E-state index in [1.165, 1.54) is 18.9 Å². The molecule has 0 heterocycles. The second-order valence-corrected chi connectivity index (χ2v) is 5.72. The first kappa shape index (κ1) is 11.1. The average molecular weight is 271 g/mol. The fourth-order valence-electron chi connectivity index (χ4n) is 2.45. The normalized spacial score (nSPS) is 30.7. The van der Waals surface area contributed by atoms with Crippen molar-refractivity contribution in [2.24, 2.45) is 11.8 Å². The highest BCUT2D eigenvalue weighted by Gasteiger charge is 2.30. The number of hydrogen-bond donors (Lipinski definition) is 0. The highest BCUT2D eigenvalue weighted by Crippen LogP contribution is 2.38. The van der Waals surface area contributed by atoms with E-state index in [1.54, 1.807) is 12.1 Å². The molecule has 1 aromatic carbocycles. The van der Waals surface area contributed by atoms with Crippen LogP contribution >= 0.6 is 15.9 Å². The molecule has 0 N–H and O–H groups in total. The van der Waals surface area contributed by atoms with Gasteiger partial charge >= 0.3 is 0 Å². The van der Waals surface area contributed by atoms with Gasteiger partial charge in [-0.15, -0.1) is 0 Å². The number of halogens is 2. The summed E-state index contributed by atoms with van der Waals surface area (Å²) in [7, 11) is 0. The van der Waals surface area contributed by atoms with Crippen molar-refractivity contribution in [2.45, 2.75) is 31.0 Å². The van der Waals surface area contributed by atoms with Gasteiger partial charge in [-0.25, -0.2) is 4.39 Å². The summed E-state index contributed by atoms with van der Waals surface area (Å²) < 4.78 is 13.0. The molecule has 3 unspecified atom stereocenters. The molecule has 3 atom stereocenters. The Kier molecular flexibility index (Phi) is 3.45. The standard InChI is InChI=1S/C13H16BrF/c1-9-11(5-6-13(9)14)7-10-3-2-4-12(15)8-10/h2-4,8-9,11,13H,5-7H2,1H3. The van der Waals surface area contributed by atoms with E-state index >= 15 is 0 Å². The predicted molar refractivity (Wildman–Crippen MR) is 64.7 cm³/mol. The zero-order valence-corrected chi connectivity index (χ0v) is 10.5. The van der Waals surface area contributed by atoms with Gasteiger partial charge in [0.05, 0.1) is 0 Å². The van der Waals surface area contributed by atoms with E-state index in [-0.39, 0.29) is 5.82 Å². The molecule has 0 saturated heterocycles. The third-order valence-corrected chi connectivity index (χ3v) is 4.81. The van der Waals surface area contributed by atoms with Crippen LogP contribution < -0.4 is 0 Å². The smallest absolute Gasteiger partial charge is 0.123 e. The summed E-state index contributed by atoms with van der Waals surface area (Å²) in [5.41, 5.74) is 1.13. The third-order valence-electron chi connectivity index (χ3n) is 3.51. The van der Waals surface area contributed by atoms with Crippen molar-refractivity contribution in [2.75, 3.05) is 0 Å². The highest BCUT2D eigenvalue weighted by molar-refractivity contribution is 9.09. The maximum atomic E-state index is 13.0. The van der Waals surface area contributed by atoms with Gasteiger partial charge in [0.2, 0.25) is 0 Å². The van der Waals surface area contributed by atoms with Crippen LogP contribution in [0.1, 0.15) is 25.3 Å². The Morgan fingerprint density at radius 2 is 2.20 bits per heavy atom. The quantitative estimate of drug-likeness (QED) is 0.708. The molecule has 15 heavy (non-hydrogen) atoms. The van der Waals surface area contributed by atoms with Gasteiger partial charge in [0.15, 0.2) is 0 Å². The molecule has 0 amide bonds. The van der Waals surface area contributed by atoms with Crippen LogP contribution in [0.25, 0.3) is 0 Å². The fourth-order valence-corrected chi connectivity index (χ4v) is 3.15. The third kappa shape index (κ3) is 2.60. The molecule has 1 aliphatic carbocycles. The van der Waals surface area contributed by atoms with Gasteiger partial charge in [0, 0.05) is 4.83 Å². The Labute approximate surface area is 99.0 Å². The van der Waals surface area contributed by atoms with Gasteiger partial charge in [0.1, 0.15) is 5.82 Å². The van der Waals surface area contributed by atoms with E-state index in [0.717, 1.165) is 12.0 Å². The molecule has 0 bridgehead atoms. The summed E-state index contributed by atoms with van der Waals surface area (Å²) in [6.45, 7) is 2.29. The maximum absolute atomic E-state index is 13.0. The van der Waals surface area contributed by atoms with Gasteiger partial charge in [-0.3, -0.25) is 0 Å². The molecule has 0 nitrogen and oxygen atoms in total. The van der Waals surface area contributed by atoms with E-state index in [0.29, 0.717) is 16.7 Å². The van der Waals surface area contributed by atoms with E-state index in [2.05, 4.69) is 22.9 Å². The molecule has 1 saturated carbocycles. The lowest BCUT2D eigenvalue weighted by Crippen LogP contribution is -2.12. The van der Waals surface area contributed by atoms with Crippen molar-refractivity contribution in [1.29, 1.82) is 0 Å². The lowest BCUT2D eigenvalue weighted by molar-refractivity contribution is 0.423. The van der Waals surface area contributed by atoms with Crippen LogP contribution in [0.5, 0.6) is 0 Å². The van der Waals surface area contributed by atoms with Gasteiger partial charge in [0.25, 0.3) is 0 Å². The van der Waals surface area contributed by atoms with Gasteiger partial charge < -0.3 is 0 Å². The molecular formula is C13H16BrF. The summed E-state index contributed by atoms with van der Waals surface area (Å²) in [6.07, 6.45) is 3.52. The summed E-state index contributed by atoms with van der Waals surface area (Å²) >= 11 is 3.70. The molecule has 0 aromatic heterocycles. The van der Waals surface area contributed by atoms with Gasteiger partial charge in [-0.1, -0.05) is 35.0 Å². The zero-order chi connectivity index (χ0) is 10.8. The molecule has 2 heteroatoms. The van der Waals surface area contributed by atoms with Crippen LogP contribution in [0.4, 0.5) is 4.39 Å². The molecular weight excluding hydrogens is 255 g/mol. The summed E-state index contributed by atoms with van der Waals surface area (Å²) in [4.78, 5) is 0.649. The van der Waals surface area contributed by atoms with Crippen LogP contribution in [0.3, 0.4) is 0 Å². The Bertz CT molecular complexity index is 337. The molecule has 2 rings (SSSR count). The molecule has 1 fully saturated rings. The van der Waals surface area contributed by atoms with E-state index < -0.39 is 0 Å². The predicted octanol–water partition coefficient (Wildman–Crippen LogP) is 4.18. The SMILES string of the molecule is CC1C(Br)CCC1Cc1cccc(F)c1. The van der Waals surface area contributed by atoms with Crippen molar-refractivity contribution in [1.82, 2.24) is 0 Å². The average Bonchev–Trinajstić information content (AvgIpc) is 2.50. The van der Waals surface area contributed by atoms with Crippen LogP contribution in [0.2, 0.25) is 0 Å². The number of alkyl halides is 1. The molecule has 1 aromatic rings. The van der Waals surface area contributed by atoms with Gasteiger partial charge in [-0.05, 0) is 48.8 Å². The Hall–Kier alpha value is -0.370. The molecule has 0 aliphatic heterocycles. The Balaban J connectivity index is 2.03. The minimum atomic E-state index is -0.117. The topological polar surface area (TPSA) is 0 Å². The fraction of sp³-hybridized carbons (Fsp3) is 0.538. The van der Waals surface area contributed by atoms with Crippen LogP contribution in [0, 0.1) is 17.7 Å². The number of benzene rings is 1. The number of rotatable bonds is 2. The maximum Gasteiger partial charge on any atom is 0.123 e. The largest absolute Gasteiger partial charge is 0.207 e. The molecule has 1 aliphatic rings. The van der Waals surface area contributed by atoms with Crippen molar-refractivity contribution in [3.05, 3.63) is 35.6 Å². The Morgan fingerprint density at radius 3 is 2.80 bits per heavy atom. The summed E-state index contributed by atoms with van der Waals surface area (Å²) in [5.74, 6) is 1.29. The highest BCUT2D eigenvalue weighted by atomic mass is 79.9. The molecule has 82 valence electrons. The van der Waals surface area contributed by atoms with Crippen molar-refractivity contribution in [3.8, 4) is 0 Å². The second kappa shape index (κ2) is 4.65. The lowest BCUT2D eigenvalue weighted by Gasteiger charge is -2.17. The van der Waals surface area contributed by atoms with E-state index in [1.807, 2.05) is 6.07 Å². The van der Waals surface area contributed by atoms with Crippen molar-refractivity contribution < 1.29 is 4.39 Å². The lowest BCUT2D eigenvalue weighted by atomic mass is 9.91. The monoisotopic (exact) mass is 270 g/mol. The first-order valence-corrected chi connectivity index (χ1v) is 6.47. The van der Waals surface area contributed by atoms with Crippen molar-refractivity contribution >= 4 is 15.9 Å². The zero-order valence-electron chi connectivity index (χ0n) is 8.92. The van der Waals surface area contributed by atoms with E-state index in [9.17, 15) is 4.39 Å². The molecule has 0 spiro atoms. The van der Waals surface area contributed by atoms with Gasteiger partial charge in [-0.2, -0.15) is 0 Å². The Morgan fingerprint density at radius 1 is 1.40 bits per heavy atom. The van der Waals surface area contributed by atoms with Crippen LogP contribution in [-0.2, 0) is 6.42 Å². The number of hydrogen-bond acceptors (Lipinski definition) is 0. The minimum absolute atomic E-state index is 0.117. The van der Waals surface area contributed by atoms with E-state index in [4.69, 9.17) is 0 Å². The second-order valence-electron chi connectivity index (χ2n) is 4.55. The first-order chi connectivity index (χ1) is 7.16. The van der Waals surface area contributed by atoms with Crippen LogP contribution in [0.15, 0.2) is 24.3 Å². The summed E-state index contributed by atoms with van der Waals surface area (Å²) in [6, 6.07) is 7.00. The van der Waals surface area contributed by atoms with Crippen LogP contribution in [-0.4, -0.2) is 4.83 Å². The van der Waals surface area contributed by atoms with Crippen molar-refractivity contribution in [3.63, 3.8) is 0 Å².